The van der Waals surface area contributed by atoms with E-state index in [4.69, 9.17) is 4.43 Å². The van der Waals surface area contributed by atoms with Crippen molar-refractivity contribution in [1.82, 2.24) is 0 Å². The second-order valence-electron chi connectivity index (χ2n) is 8.91. The summed E-state index contributed by atoms with van der Waals surface area (Å²) >= 11 is 0. The van der Waals surface area contributed by atoms with Crippen LogP contribution in [0.5, 0.6) is 0 Å². The number of carbonyl (C=O) groups is 1. The van der Waals surface area contributed by atoms with Gasteiger partial charge in [-0.3, -0.25) is 0 Å². The van der Waals surface area contributed by atoms with Crippen molar-refractivity contribution in [2.24, 2.45) is 5.41 Å². The Kier molecular flexibility index (Phi) is 7.12. The Morgan fingerprint density at radius 1 is 1.21 bits per heavy atom. The van der Waals surface area contributed by atoms with E-state index in [2.05, 4.69) is 42.8 Å². The van der Waals surface area contributed by atoms with Crippen LogP contribution in [0.25, 0.3) is 0 Å². The molecule has 1 rings (SSSR count). The molecule has 6 nitrogen and oxygen atoms in total. The van der Waals surface area contributed by atoms with Gasteiger partial charge in [0.25, 0.3) is 0 Å². The fourth-order valence-electron chi connectivity index (χ4n) is 2.46. The number of alkyl halides is 3. The number of rotatable bonds is 6. The van der Waals surface area contributed by atoms with Gasteiger partial charge in [-0.1, -0.05) is 27.7 Å². The van der Waals surface area contributed by atoms with Gasteiger partial charge in [0.05, 0.1) is 12.7 Å². The quantitative estimate of drug-likeness (QED) is 0.259. The van der Waals surface area contributed by atoms with Gasteiger partial charge in [-0.05, 0) is 36.4 Å². The van der Waals surface area contributed by atoms with Gasteiger partial charge in [0.1, 0.15) is 5.76 Å². The van der Waals surface area contributed by atoms with Crippen molar-refractivity contribution in [2.45, 2.75) is 70.6 Å². The Hall–Kier alpha value is -1.07. The summed E-state index contributed by atoms with van der Waals surface area (Å²) in [6.45, 7) is 12.5. The Morgan fingerprint density at radius 2 is 1.75 bits per heavy atom. The lowest BCUT2D eigenvalue weighted by molar-refractivity contribution is -0.137. The summed E-state index contributed by atoms with van der Waals surface area (Å²) in [6.07, 6.45) is 0.166. The highest BCUT2D eigenvalue weighted by molar-refractivity contribution is 7.87. The zero-order chi connectivity index (χ0) is 22.2. The highest BCUT2D eigenvalue weighted by Crippen LogP contribution is 2.44. The van der Waals surface area contributed by atoms with Crippen LogP contribution < -0.4 is 0 Å². The first-order valence-corrected chi connectivity index (χ1v) is 13.1. The largest absolute Gasteiger partial charge is 0.534 e. The second-order valence-corrected chi connectivity index (χ2v) is 15.3. The van der Waals surface area contributed by atoms with Gasteiger partial charge in [0.2, 0.25) is 0 Å². The van der Waals surface area contributed by atoms with E-state index < -0.39 is 41.1 Å². The molecule has 0 N–H and O–H groups in total. The molecule has 0 saturated carbocycles. The predicted octanol–water partition coefficient (Wildman–Crippen LogP) is 4.49. The van der Waals surface area contributed by atoms with E-state index in [1.807, 2.05) is 6.92 Å². The molecule has 1 aliphatic rings. The molecular formula is C17H29F3O6SSi. The minimum atomic E-state index is -5.85. The van der Waals surface area contributed by atoms with Crippen molar-refractivity contribution in [2.75, 3.05) is 13.7 Å². The number of hydrogen-bond donors (Lipinski definition) is 0. The van der Waals surface area contributed by atoms with Gasteiger partial charge in [0, 0.05) is 13.0 Å². The molecule has 0 aliphatic heterocycles. The van der Waals surface area contributed by atoms with Crippen molar-refractivity contribution in [3.63, 3.8) is 0 Å². The molecule has 0 aromatic rings. The molecule has 0 fully saturated rings. The normalized spacial score (nSPS) is 22.2. The molecule has 0 spiro atoms. The minimum Gasteiger partial charge on any atom is -0.466 e. The van der Waals surface area contributed by atoms with Crippen LogP contribution in [-0.4, -0.2) is 41.9 Å². The standard InChI is InChI=1S/C17H29F3O6SSi/c1-15(2,3)28(6,7)25-11-16(4)9-8-13(12(10-16)14(21)24-5)26-27(22,23)17(18,19)20/h8-11H2,1-7H3. The average Bonchev–Trinajstić information content (AvgIpc) is 2.52. The monoisotopic (exact) mass is 446 g/mol. The fraction of sp³-hybridized carbons (Fsp3) is 0.824. The van der Waals surface area contributed by atoms with Crippen LogP contribution in [0.4, 0.5) is 13.2 Å². The van der Waals surface area contributed by atoms with E-state index in [1.165, 1.54) is 0 Å². The molecular weight excluding hydrogens is 417 g/mol. The van der Waals surface area contributed by atoms with Crippen LogP contribution in [0.1, 0.15) is 47.0 Å². The van der Waals surface area contributed by atoms with Gasteiger partial charge in [-0.15, -0.1) is 0 Å². The lowest BCUT2D eigenvalue weighted by atomic mass is 9.75. The zero-order valence-corrected chi connectivity index (χ0v) is 19.1. The van der Waals surface area contributed by atoms with Crippen molar-refractivity contribution in [1.29, 1.82) is 0 Å². The average molecular weight is 447 g/mol. The van der Waals surface area contributed by atoms with Crippen LogP contribution in [0, 0.1) is 5.41 Å². The smallest absolute Gasteiger partial charge is 0.466 e. The third kappa shape index (κ3) is 5.72. The summed E-state index contributed by atoms with van der Waals surface area (Å²) in [5.41, 5.74) is -6.34. The lowest BCUT2D eigenvalue weighted by Gasteiger charge is -2.41. The van der Waals surface area contributed by atoms with E-state index in [-0.39, 0.29) is 23.5 Å². The second kappa shape index (κ2) is 7.98. The van der Waals surface area contributed by atoms with E-state index >= 15 is 0 Å². The Bertz CT molecular complexity index is 737. The molecule has 0 saturated heterocycles. The molecule has 0 heterocycles. The van der Waals surface area contributed by atoms with E-state index in [1.54, 1.807) is 0 Å². The molecule has 0 aromatic heterocycles. The number of ether oxygens (including phenoxy) is 1. The number of halogens is 3. The van der Waals surface area contributed by atoms with E-state index in [0.29, 0.717) is 13.0 Å². The van der Waals surface area contributed by atoms with E-state index in [9.17, 15) is 26.4 Å². The Morgan fingerprint density at radius 3 is 2.18 bits per heavy atom. The molecule has 1 unspecified atom stereocenters. The minimum absolute atomic E-state index is 0.00297. The number of allylic oxidation sites excluding steroid dienone is 1. The molecule has 1 atom stereocenters. The van der Waals surface area contributed by atoms with Crippen molar-refractivity contribution >= 4 is 24.4 Å². The Labute approximate surface area is 165 Å². The summed E-state index contributed by atoms with van der Waals surface area (Å²) in [6, 6.07) is 0. The van der Waals surface area contributed by atoms with Gasteiger partial charge >= 0.3 is 21.6 Å². The molecule has 164 valence electrons. The van der Waals surface area contributed by atoms with Crippen LogP contribution in [-0.2, 0) is 28.3 Å². The highest BCUT2D eigenvalue weighted by atomic mass is 32.2. The third-order valence-electron chi connectivity index (χ3n) is 5.41. The van der Waals surface area contributed by atoms with E-state index in [0.717, 1.165) is 7.11 Å². The van der Waals surface area contributed by atoms with Gasteiger partial charge in [-0.25, -0.2) is 4.79 Å². The first-order chi connectivity index (χ1) is 12.4. The number of carbonyl (C=O) groups excluding carboxylic acids is 1. The first-order valence-electron chi connectivity index (χ1n) is 8.80. The predicted molar refractivity (Wildman–Crippen MR) is 100 cm³/mol. The van der Waals surface area contributed by atoms with Crippen molar-refractivity contribution < 1.29 is 39.7 Å². The lowest BCUT2D eigenvalue weighted by Crippen LogP contribution is -2.44. The molecule has 0 aromatic carbocycles. The summed E-state index contributed by atoms with van der Waals surface area (Å²) in [4.78, 5) is 12.1. The van der Waals surface area contributed by atoms with Crippen LogP contribution >= 0.6 is 0 Å². The third-order valence-corrected chi connectivity index (χ3v) is 10.9. The van der Waals surface area contributed by atoms with Gasteiger partial charge < -0.3 is 13.3 Å². The SMILES string of the molecule is COC(=O)C1=C(OS(=O)(=O)C(F)(F)F)CCC(C)(CO[Si](C)(C)C(C)(C)C)C1. The highest BCUT2D eigenvalue weighted by Gasteiger charge is 2.50. The maximum Gasteiger partial charge on any atom is 0.534 e. The topological polar surface area (TPSA) is 78.9 Å². The molecule has 0 radical (unpaired) electrons. The van der Waals surface area contributed by atoms with Crippen LogP contribution in [0.15, 0.2) is 11.3 Å². The molecule has 1 aliphatic carbocycles. The summed E-state index contributed by atoms with van der Waals surface area (Å²) < 4.78 is 75.8. The maximum absolute atomic E-state index is 12.6. The van der Waals surface area contributed by atoms with Crippen LogP contribution in [0.2, 0.25) is 18.1 Å². The van der Waals surface area contributed by atoms with Gasteiger partial charge in [-0.2, -0.15) is 21.6 Å². The van der Waals surface area contributed by atoms with Crippen LogP contribution in [0.3, 0.4) is 0 Å². The summed E-state index contributed by atoms with van der Waals surface area (Å²) in [5.74, 6) is -1.43. The van der Waals surface area contributed by atoms with Crippen molar-refractivity contribution in [3.8, 4) is 0 Å². The zero-order valence-electron chi connectivity index (χ0n) is 17.3. The summed E-state index contributed by atoms with van der Waals surface area (Å²) in [7, 11) is -6.86. The number of hydrogen-bond acceptors (Lipinski definition) is 6. The summed E-state index contributed by atoms with van der Waals surface area (Å²) in [5, 5.41) is -0.0336. The maximum atomic E-state index is 12.6. The molecule has 0 bridgehead atoms. The molecule has 0 amide bonds. The Balaban J connectivity index is 3.13. The number of esters is 1. The molecule has 11 heteroatoms. The van der Waals surface area contributed by atoms with Gasteiger partial charge in [0.15, 0.2) is 8.32 Å². The van der Waals surface area contributed by atoms with Crippen molar-refractivity contribution in [3.05, 3.63) is 11.3 Å². The molecule has 28 heavy (non-hydrogen) atoms. The first kappa shape index (κ1) is 25.0. The number of methoxy groups -OCH3 is 1. The fourth-order valence-corrected chi connectivity index (χ4v) is 4.14.